The minimum absolute atomic E-state index is 0.0175. The number of carbonyl (C=O) groups is 1. The van der Waals surface area contributed by atoms with Gasteiger partial charge in [-0.3, -0.25) is 4.79 Å². The van der Waals surface area contributed by atoms with E-state index in [2.05, 4.69) is 15.3 Å². The number of carbonyl (C=O) groups excluding carboxylic acids is 1. The molecule has 0 aliphatic heterocycles. The standard InChI is InChI=1S/C13H16F3N5OS/c1-3-17-12-19-6-9(23-12)11(22)20(2)7-10-18-4-5-21(10)8-13(14,15)16/h4-6H,3,7-8H2,1-2H3,(H,17,19). The Morgan fingerprint density at radius 3 is 2.83 bits per heavy atom. The summed E-state index contributed by atoms with van der Waals surface area (Å²) in [5, 5.41) is 3.62. The summed E-state index contributed by atoms with van der Waals surface area (Å²) in [7, 11) is 1.52. The van der Waals surface area contributed by atoms with E-state index in [0.29, 0.717) is 16.6 Å². The van der Waals surface area contributed by atoms with Crippen LogP contribution in [0.4, 0.5) is 18.3 Å². The van der Waals surface area contributed by atoms with Crippen LogP contribution in [0.15, 0.2) is 18.6 Å². The molecule has 0 atom stereocenters. The van der Waals surface area contributed by atoms with E-state index in [1.54, 1.807) is 0 Å². The monoisotopic (exact) mass is 347 g/mol. The molecule has 0 aliphatic carbocycles. The first-order chi connectivity index (χ1) is 10.8. The third kappa shape index (κ3) is 4.68. The van der Waals surface area contributed by atoms with Gasteiger partial charge in [0, 0.05) is 26.0 Å². The van der Waals surface area contributed by atoms with E-state index >= 15 is 0 Å². The van der Waals surface area contributed by atoms with Crippen LogP contribution in [0.25, 0.3) is 0 Å². The second kappa shape index (κ2) is 6.99. The van der Waals surface area contributed by atoms with Crippen molar-refractivity contribution in [2.45, 2.75) is 26.2 Å². The first-order valence-corrected chi connectivity index (χ1v) is 7.63. The summed E-state index contributed by atoms with van der Waals surface area (Å²) in [4.78, 5) is 22.0. The lowest BCUT2D eigenvalue weighted by atomic mass is 10.4. The fourth-order valence-corrected chi connectivity index (χ4v) is 2.79. The van der Waals surface area contributed by atoms with E-state index in [0.717, 1.165) is 4.57 Å². The number of thiazole rings is 1. The van der Waals surface area contributed by atoms with E-state index in [9.17, 15) is 18.0 Å². The van der Waals surface area contributed by atoms with Crippen molar-refractivity contribution in [2.75, 3.05) is 18.9 Å². The zero-order valence-electron chi connectivity index (χ0n) is 12.6. The molecule has 10 heteroatoms. The van der Waals surface area contributed by atoms with Crippen molar-refractivity contribution in [3.05, 3.63) is 29.3 Å². The molecule has 0 saturated carbocycles. The fraction of sp³-hybridized carbons (Fsp3) is 0.462. The Morgan fingerprint density at radius 1 is 1.43 bits per heavy atom. The maximum Gasteiger partial charge on any atom is 0.406 e. The molecule has 2 aromatic heterocycles. The molecule has 0 spiro atoms. The van der Waals surface area contributed by atoms with Crippen molar-refractivity contribution in [3.63, 3.8) is 0 Å². The average molecular weight is 347 g/mol. The van der Waals surface area contributed by atoms with Gasteiger partial charge >= 0.3 is 6.18 Å². The van der Waals surface area contributed by atoms with Gasteiger partial charge in [0.15, 0.2) is 5.13 Å². The molecule has 1 N–H and O–H groups in total. The third-order valence-corrected chi connectivity index (χ3v) is 3.86. The Morgan fingerprint density at radius 2 is 2.17 bits per heavy atom. The minimum atomic E-state index is -4.34. The summed E-state index contributed by atoms with van der Waals surface area (Å²) in [6.45, 7) is 1.45. The largest absolute Gasteiger partial charge is 0.406 e. The molecule has 0 unspecified atom stereocenters. The molecule has 126 valence electrons. The molecule has 0 radical (unpaired) electrons. The minimum Gasteiger partial charge on any atom is -0.362 e. The molecule has 2 heterocycles. The number of hydrogen-bond acceptors (Lipinski definition) is 5. The molecule has 2 rings (SSSR count). The lowest BCUT2D eigenvalue weighted by Gasteiger charge is -2.17. The maximum absolute atomic E-state index is 12.5. The second-order valence-electron chi connectivity index (χ2n) is 4.81. The van der Waals surface area contributed by atoms with Crippen molar-refractivity contribution in [1.82, 2.24) is 19.4 Å². The predicted molar refractivity (Wildman–Crippen MR) is 80.4 cm³/mol. The number of anilines is 1. The van der Waals surface area contributed by atoms with Gasteiger partial charge in [0.25, 0.3) is 5.91 Å². The van der Waals surface area contributed by atoms with Crippen LogP contribution >= 0.6 is 11.3 Å². The molecular formula is C13H16F3N5OS. The van der Waals surface area contributed by atoms with Crippen LogP contribution in [0.1, 0.15) is 22.4 Å². The van der Waals surface area contributed by atoms with E-state index in [4.69, 9.17) is 0 Å². The zero-order chi connectivity index (χ0) is 17.0. The third-order valence-electron chi connectivity index (χ3n) is 2.92. The normalized spacial score (nSPS) is 11.5. The Hall–Kier alpha value is -2.10. The van der Waals surface area contributed by atoms with Crippen LogP contribution in [0.2, 0.25) is 0 Å². The van der Waals surface area contributed by atoms with Gasteiger partial charge in [-0.1, -0.05) is 11.3 Å². The van der Waals surface area contributed by atoms with Crippen LogP contribution in [-0.4, -0.2) is 45.1 Å². The fourth-order valence-electron chi connectivity index (χ4n) is 1.91. The smallest absolute Gasteiger partial charge is 0.362 e. The summed E-state index contributed by atoms with van der Waals surface area (Å²) in [5.41, 5.74) is 0. The first-order valence-electron chi connectivity index (χ1n) is 6.82. The van der Waals surface area contributed by atoms with Gasteiger partial charge in [-0.2, -0.15) is 13.2 Å². The second-order valence-corrected chi connectivity index (χ2v) is 5.84. The molecule has 2 aromatic rings. The van der Waals surface area contributed by atoms with Gasteiger partial charge in [-0.15, -0.1) is 0 Å². The lowest BCUT2D eigenvalue weighted by Crippen LogP contribution is -2.28. The number of amides is 1. The van der Waals surface area contributed by atoms with E-state index in [1.807, 2.05) is 6.92 Å². The highest BCUT2D eigenvalue weighted by atomic mass is 32.1. The van der Waals surface area contributed by atoms with Gasteiger partial charge in [0.1, 0.15) is 17.2 Å². The zero-order valence-corrected chi connectivity index (χ0v) is 13.4. The van der Waals surface area contributed by atoms with Crippen LogP contribution < -0.4 is 5.32 Å². The Kier molecular flexibility index (Phi) is 5.24. The average Bonchev–Trinajstić information content (AvgIpc) is 3.07. The van der Waals surface area contributed by atoms with Crippen molar-refractivity contribution >= 4 is 22.4 Å². The number of imidazole rings is 1. The van der Waals surface area contributed by atoms with Crippen LogP contribution in [-0.2, 0) is 13.1 Å². The SMILES string of the molecule is CCNc1ncc(C(=O)N(C)Cc2nccn2CC(F)(F)F)s1. The van der Waals surface area contributed by atoms with Gasteiger partial charge in [-0.05, 0) is 6.92 Å². The Labute approximate surface area is 135 Å². The molecule has 0 fully saturated rings. The Balaban J connectivity index is 2.05. The summed E-state index contributed by atoms with van der Waals surface area (Å²) in [6, 6.07) is 0. The van der Waals surface area contributed by atoms with Crippen LogP contribution in [0.5, 0.6) is 0 Å². The van der Waals surface area contributed by atoms with E-state index in [1.165, 1.54) is 41.9 Å². The number of nitrogens with one attached hydrogen (secondary N) is 1. The molecule has 0 aliphatic rings. The highest BCUT2D eigenvalue weighted by molar-refractivity contribution is 7.17. The quantitative estimate of drug-likeness (QED) is 0.872. The summed E-state index contributed by atoms with van der Waals surface area (Å²) in [5.74, 6) is -0.136. The predicted octanol–water partition coefficient (Wildman–Crippen LogP) is 2.61. The molecular weight excluding hydrogens is 331 g/mol. The molecule has 6 nitrogen and oxygen atoms in total. The van der Waals surface area contributed by atoms with Gasteiger partial charge in [0.05, 0.1) is 12.7 Å². The van der Waals surface area contributed by atoms with Crippen molar-refractivity contribution in [1.29, 1.82) is 0 Å². The molecule has 1 amide bonds. The highest BCUT2D eigenvalue weighted by Gasteiger charge is 2.29. The summed E-state index contributed by atoms with van der Waals surface area (Å²) >= 11 is 1.20. The van der Waals surface area contributed by atoms with E-state index < -0.39 is 12.7 Å². The number of nitrogens with zero attached hydrogens (tertiary/aromatic N) is 4. The Bertz CT molecular complexity index is 667. The number of hydrogen-bond donors (Lipinski definition) is 1. The molecule has 0 saturated heterocycles. The lowest BCUT2D eigenvalue weighted by molar-refractivity contribution is -0.141. The van der Waals surface area contributed by atoms with Crippen molar-refractivity contribution < 1.29 is 18.0 Å². The van der Waals surface area contributed by atoms with Crippen LogP contribution in [0.3, 0.4) is 0 Å². The van der Waals surface area contributed by atoms with Gasteiger partial charge in [0.2, 0.25) is 0 Å². The molecule has 23 heavy (non-hydrogen) atoms. The van der Waals surface area contributed by atoms with Crippen molar-refractivity contribution in [3.8, 4) is 0 Å². The topological polar surface area (TPSA) is 63.1 Å². The number of aromatic nitrogens is 3. The maximum atomic E-state index is 12.5. The van der Waals surface area contributed by atoms with Gasteiger partial charge in [-0.25, -0.2) is 9.97 Å². The number of rotatable bonds is 6. The van der Waals surface area contributed by atoms with E-state index in [-0.39, 0.29) is 18.3 Å². The number of alkyl halides is 3. The molecule has 0 aromatic carbocycles. The van der Waals surface area contributed by atoms with Crippen LogP contribution in [0, 0.1) is 0 Å². The summed E-state index contributed by atoms with van der Waals surface area (Å²) < 4.78 is 38.5. The van der Waals surface area contributed by atoms with Gasteiger partial charge < -0.3 is 14.8 Å². The van der Waals surface area contributed by atoms with Crippen molar-refractivity contribution in [2.24, 2.45) is 0 Å². The first kappa shape index (κ1) is 17.3. The highest BCUT2D eigenvalue weighted by Crippen LogP contribution is 2.21. The number of halogens is 3. The molecule has 0 bridgehead atoms. The summed E-state index contributed by atoms with van der Waals surface area (Å²) in [6.07, 6.45) is -0.355.